The van der Waals surface area contributed by atoms with Crippen molar-refractivity contribution in [3.63, 3.8) is 0 Å². The fraction of sp³-hybridized carbons (Fsp3) is 0.364. The summed E-state index contributed by atoms with van der Waals surface area (Å²) in [6, 6.07) is 5.29. The van der Waals surface area contributed by atoms with Gasteiger partial charge in [-0.25, -0.2) is 0 Å². The SMILES string of the molecule is CCOc1cccc(C(=O)CBr)c1OC. The van der Waals surface area contributed by atoms with Gasteiger partial charge in [-0.3, -0.25) is 4.79 Å². The van der Waals surface area contributed by atoms with Gasteiger partial charge in [0.05, 0.1) is 24.6 Å². The molecule has 1 aromatic carbocycles. The van der Waals surface area contributed by atoms with Crippen molar-refractivity contribution in [1.29, 1.82) is 0 Å². The lowest BCUT2D eigenvalue weighted by molar-refractivity contribution is 0.102. The largest absolute Gasteiger partial charge is 0.492 e. The lowest BCUT2D eigenvalue weighted by atomic mass is 10.1. The molecule has 3 nitrogen and oxygen atoms in total. The highest BCUT2D eigenvalue weighted by molar-refractivity contribution is 9.09. The normalized spacial score (nSPS) is 9.80. The molecule has 0 aliphatic carbocycles. The van der Waals surface area contributed by atoms with Crippen LogP contribution in [0, 0.1) is 0 Å². The monoisotopic (exact) mass is 272 g/mol. The molecule has 0 N–H and O–H groups in total. The molecule has 0 saturated heterocycles. The van der Waals surface area contributed by atoms with Crippen molar-refractivity contribution in [2.75, 3.05) is 19.0 Å². The molecule has 0 bridgehead atoms. The smallest absolute Gasteiger partial charge is 0.177 e. The number of ether oxygens (including phenoxy) is 2. The summed E-state index contributed by atoms with van der Waals surface area (Å²) in [5.41, 5.74) is 0.542. The van der Waals surface area contributed by atoms with Crippen LogP contribution in [0.1, 0.15) is 17.3 Å². The summed E-state index contributed by atoms with van der Waals surface area (Å²) in [4.78, 5) is 11.6. The van der Waals surface area contributed by atoms with Crippen molar-refractivity contribution < 1.29 is 14.3 Å². The minimum absolute atomic E-state index is 0.0200. The lowest BCUT2D eigenvalue weighted by Gasteiger charge is -2.12. The van der Waals surface area contributed by atoms with E-state index in [9.17, 15) is 4.79 Å². The number of rotatable bonds is 5. The maximum atomic E-state index is 11.6. The second-order valence-corrected chi connectivity index (χ2v) is 3.39. The Kier molecular flexibility index (Phi) is 4.62. The average molecular weight is 273 g/mol. The van der Waals surface area contributed by atoms with Crippen molar-refractivity contribution in [2.24, 2.45) is 0 Å². The topological polar surface area (TPSA) is 35.5 Å². The Bertz CT molecular complexity index is 350. The van der Waals surface area contributed by atoms with Gasteiger partial charge >= 0.3 is 0 Å². The van der Waals surface area contributed by atoms with E-state index >= 15 is 0 Å². The van der Waals surface area contributed by atoms with Crippen molar-refractivity contribution >= 4 is 21.7 Å². The van der Waals surface area contributed by atoms with Crippen molar-refractivity contribution in [3.8, 4) is 11.5 Å². The molecule has 0 aromatic heterocycles. The Hall–Kier alpha value is -1.03. The van der Waals surface area contributed by atoms with Crippen molar-refractivity contribution in [2.45, 2.75) is 6.92 Å². The van der Waals surface area contributed by atoms with Gasteiger partial charge in [-0.15, -0.1) is 0 Å². The molecule has 0 radical (unpaired) electrons. The number of para-hydroxylation sites is 1. The van der Waals surface area contributed by atoms with Gasteiger partial charge < -0.3 is 9.47 Å². The zero-order valence-corrected chi connectivity index (χ0v) is 10.3. The van der Waals surface area contributed by atoms with Crippen LogP contribution >= 0.6 is 15.9 Å². The fourth-order valence-corrected chi connectivity index (χ4v) is 1.59. The predicted octanol–water partition coefficient (Wildman–Crippen LogP) is 2.67. The highest BCUT2D eigenvalue weighted by atomic mass is 79.9. The number of halogens is 1. The highest BCUT2D eigenvalue weighted by Crippen LogP contribution is 2.31. The number of alkyl halides is 1. The van der Waals surface area contributed by atoms with Gasteiger partial charge in [-0.2, -0.15) is 0 Å². The summed E-state index contributed by atoms with van der Waals surface area (Å²) in [6.07, 6.45) is 0. The Morgan fingerprint density at radius 3 is 2.73 bits per heavy atom. The van der Waals surface area contributed by atoms with E-state index in [1.54, 1.807) is 18.2 Å². The number of ketones is 1. The molecule has 0 atom stereocenters. The second-order valence-electron chi connectivity index (χ2n) is 2.83. The highest BCUT2D eigenvalue weighted by Gasteiger charge is 2.15. The van der Waals surface area contributed by atoms with E-state index in [-0.39, 0.29) is 11.1 Å². The molecule has 0 aliphatic rings. The Morgan fingerprint density at radius 1 is 1.47 bits per heavy atom. The van der Waals surface area contributed by atoms with Gasteiger partial charge in [0.25, 0.3) is 0 Å². The third-order valence-electron chi connectivity index (χ3n) is 1.90. The zero-order chi connectivity index (χ0) is 11.3. The first-order chi connectivity index (χ1) is 7.24. The molecule has 0 fully saturated rings. The lowest BCUT2D eigenvalue weighted by Crippen LogP contribution is -2.05. The van der Waals surface area contributed by atoms with Gasteiger partial charge in [0, 0.05) is 0 Å². The molecule has 4 heteroatoms. The third-order valence-corrected chi connectivity index (χ3v) is 2.41. The van der Waals surface area contributed by atoms with E-state index in [4.69, 9.17) is 9.47 Å². The molecule has 1 rings (SSSR count). The van der Waals surface area contributed by atoms with Crippen LogP contribution in [0.3, 0.4) is 0 Å². The maximum Gasteiger partial charge on any atom is 0.177 e. The number of hydrogen-bond donors (Lipinski definition) is 0. The first-order valence-corrected chi connectivity index (χ1v) is 5.75. The van der Waals surface area contributed by atoms with Crippen molar-refractivity contribution in [3.05, 3.63) is 23.8 Å². The van der Waals surface area contributed by atoms with Gasteiger partial charge in [-0.1, -0.05) is 22.0 Å². The number of carbonyl (C=O) groups is 1. The molecule has 15 heavy (non-hydrogen) atoms. The molecule has 0 saturated carbocycles. The molecular weight excluding hydrogens is 260 g/mol. The van der Waals surface area contributed by atoms with Crippen LogP contribution in [-0.4, -0.2) is 24.8 Å². The minimum atomic E-state index is -0.0200. The van der Waals surface area contributed by atoms with E-state index in [1.807, 2.05) is 6.92 Å². The van der Waals surface area contributed by atoms with Gasteiger partial charge in [0.15, 0.2) is 17.3 Å². The number of hydrogen-bond acceptors (Lipinski definition) is 3. The van der Waals surface area contributed by atoms with Gasteiger partial charge in [-0.05, 0) is 19.1 Å². The quantitative estimate of drug-likeness (QED) is 0.611. The first kappa shape index (κ1) is 12.0. The van der Waals surface area contributed by atoms with Crippen LogP contribution in [0.25, 0.3) is 0 Å². The van der Waals surface area contributed by atoms with E-state index in [1.165, 1.54) is 7.11 Å². The zero-order valence-electron chi connectivity index (χ0n) is 8.75. The van der Waals surface area contributed by atoms with Gasteiger partial charge in [0.1, 0.15) is 0 Å². The maximum absolute atomic E-state index is 11.6. The van der Waals surface area contributed by atoms with E-state index in [0.717, 1.165) is 0 Å². The minimum Gasteiger partial charge on any atom is -0.492 e. The molecular formula is C11H13BrO3. The fourth-order valence-electron chi connectivity index (χ4n) is 1.29. The summed E-state index contributed by atoms with van der Waals surface area (Å²) in [5, 5.41) is 0.277. The van der Waals surface area contributed by atoms with Crippen LogP contribution in [-0.2, 0) is 0 Å². The Balaban J connectivity index is 3.15. The van der Waals surface area contributed by atoms with Crippen LogP contribution in [0.15, 0.2) is 18.2 Å². The molecule has 0 spiro atoms. The van der Waals surface area contributed by atoms with Crippen LogP contribution < -0.4 is 9.47 Å². The number of benzene rings is 1. The standard InChI is InChI=1S/C11H13BrO3/c1-3-15-10-6-4-5-8(9(13)7-12)11(10)14-2/h4-6H,3,7H2,1-2H3. The van der Waals surface area contributed by atoms with E-state index in [0.29, 0.717) is 23.7 Å². The summed E-state index contributed by atoms with van der Waals surface area (Å²) < 4.78 is 10.6. The summed E-state index contributed by atoms with van der Waals surface area (Å²) in [6.45, 7) is 2.43. The molecule has 0 aliphatic heterocycles. The third kappa shape index (κ3) is 2.72. The predicted molar refractivity (Wildman–Crippen MR) is 62.3 cm³/mol. The first-order valence-electron chi connectivity index (χ1n) is 4.63. The van der Waals surface area contributed by atoms with Crippen LogP contribution in [0.5, 0.6) is 11.5 Å². The molecule has 82 valence electrons. The van der Waals surface area contributed by atoms with Crippen molar-refractivity contribution in [1.82, 2.24) is 0 Å². The molecule has 1 aromatic rings. The molecule has 0 unspecified atom stereocenters. The number of carbonyl (C=O) groups excluding carboxylic acids is 1. The number of methoxy groups -OCH3 is 1. The summed E-state index contributed by atoms with van der Waals surface area (Å²) in [7, 11) is 1.53. The van der Waals surface area contributed by atoms with Crippen LogP contribution in [0.4, 0.5) is 0 Å². The van der Waals surface area contributed by atoms with Gasteiger partial charge in [0.2, 0.25) is 0 Å². The Morgan fingerprint density at radius 2 is 2.20 bits per heavy atom. The van der Waals surface area contributed by atoms with E-state index < -0.39 is 0 Å². The average Bonchev–Trinajstić information content (AvgIpc) is 2.28. The summed E-state index contributed by atoms with van der Waals surface area (Å²) in [5.74, 6) is 1.09. The van der Waals surface area contributed by atoms with E-state index in [2.05, 4.69) is 15.9 Å². The molecule has 0 heterocycles. The Labute approximate surface area is 97.5 Å². The second kappa shape index (κ2) is 5.75. The van der Waals surface area contributed by atoms with Crippen LogP contribution in [0.2, 0.25) is 0 Å². The number of Topliss-reactive ketones (excluding diaryl/α,β-unsaturated/α-hetero) is 1. The molecule has 0 amide bonds. The summed E-state index contributed by atoms with van der Waals surface area (Å²) >= 11 is 3.13.